The Labute approximate surface area is 131 Å². The predicted octanol–water partition coefficient (Wildman–Crippen LogP) is 2.55. The number of hydrogen-bond acceptors (Lipinski definition) is 4. The maximum absolute atomic E-state index is 12.0. The number of amides is 1. The molecular weight excluding hydrogens is 282 g/mol. The molecule has 5 heteroatoms. The Morgan fingerprint density at radius 3 is 2.73 bits per heavy atom. The highest BCUT2D eigenvalue weighted by molar-refractivity contribution is 5.94. The van der Waals surface area contributed by atoms with Crippen LogP contribution in [0.1, 0.15) is 43.0 Å². The molecule has 120 valence electrons. The summed E-state index contributed by atoms with van der Waals surface area (Å²) in [6, 6.07) is 7.12. The smallest absolute Gasteiger partial charge is 0.306 e. The lowest BCUT2D eigenvalue weighted by atomic mass is 10.1. The quantitative estimate of drug-likeness (QED) is 0.592. The van der Waals surface area contributed by atoms with Crippen LogP contribution in [0.5, 0.6) is 5.75 Å². The normalized spacial score (nSPS) is 17.1. The van der Waals surface area contributed by atoms with Crippen LogP contribution in [0.3, 0.4) is 0 Å². The Morgan fingerprint density at radius 1 is 1.32 bits per heavy atom. The molecule has 0 radical (unpaired) electrons. The summed E-state index contributed by atoms with van der Waals surface area (Å²) in [6.07, 6.45) is 3.75. The minimum Gasteiger partial charge on any atom is -0.494 e. The predicted molar refractivity (Wildman–Crippen MR) is 82.9 cm³/mol. The van der Waals surface area contributed by atoms with Crippen molar-refractivity contribution in [3.05, 3.63) is 29.8 Å². The van der Waals surface area contributed by atoms with Crippen molar-refractivity contribution >= 4 is 11.9 Å². The lowest BCUT2D eigenvalue weighted by Crippen LogP contribution is -2.29. The summed E-state index contributed by atoms with van der Waals surface area (Å²) < 4.78 is 10.5. The number of benzene rings is 1. The highest BCUT2D eigenvalue weighted by Crippen LogP contribution is 2.15. The highest BCUT2D eigenvalue weighted by atomic mass is 16.5. The van der Waals surface area contributed by atoms with Crippen LogP contribution in [0.4, 0.5) is 0 Å². The van der Waals surface area contributed by atoms with Gasteiger partial charge in [0.15, 0.2) is 0 Å². The van der Waals surface area contributed by atoms with E-state index in [1.165, 1.54) is 6.42 Å². The third-order valence-corrected chi connectivity index (χ3v) is 3.62. The van der Waals surface area contributed by atoms with Gasteiger partial charge in [0.1, 0.15) is 5.75 Å². The van der Waals surface area contributed by atoms with Crippen molar-refractivity contribution < 1.29 is 19.1 Å². The number of nitrogens with one attached hydrogen (secondary N) is 1. The highest BCUT2D eigenvalue weighted by Gasteiger charge is 2.24. The van der Waals surface area contributed by atoms with Crippen molar-refractivity contribution in [3.8, 4) is 5.75 Å². The number of carbonyl (C=O) groups is 2. The third kappa shape index (κ3) is 5.06. The molecule has 1 aromatic rings. The van der Waals surface area contributed by atoms with Gasteiger partial charge in [0, 0.05) is 18.0 Å². The summed E-state index contributed by atoms with van der Waals surface area (Å²) in [5.41, 5.74) is 0.589. The summed E-state index contributed by atoms with van der Waals surface area (Å²) in [5, 5.41) is 2.83. The molecule has 0 aliphatic carbocycles. The Balaban J connectivity index is 1.74. The van der Waals surface area contributed by atoms with Gasteiger partial charge in [-0.3, -0.25) is 9.59 Å². The molecule has 1 unspecified atom stereocenters. The lowest BCUT2D eigenvalue weighted by Gasteiger charge is -2.09. The van der Waals surface area contributed by atoms with Crippen LogP contribution in [0.2, 0.25) is 0 Å². The molecule has 1 heterocycles. The van der Waals surface area contributed by atoms with Crippen LogP contribution in [-0.4, -0.2) is 31.6 Å². The Bertz CT molecular complexity index is 498. The first-order valence-electron chi connectivity index (χ1n) is 7.85. The van der Waals surface area contributed by atoms with E-state index in [1.54, 1.807) is 12.1 Å². The fraction of sp³-hybridized carbons (Fsp3) is 0.529. The molecule has 1 fully saturated rings. The molecule has 1 aliphatic heterocycles. The number of cyclic esters (lactones) is 1. The molecule has 1 aliphatic rings. The van der Waals surface area contributed by atoms with Gasteiger partial charge in [0.05, 0.1) is 19.6 Å². The van der Waals surface area contributed by atoms with Gasteiger partial charge in [0.25, 0.3) is 5.91 Å². The second kappa shape index (κ2) is 8.41. The molecule has 1 aromatic carbocycles. The minimum absolute atomic E-state index is 0.0811. The van der Waals surface area contributed by atoms with Gasteiger partial charge in [-0.25, -0.2) is 0 Å². The van der Waals surface area contributed by atoms with E-state index >= 15 is 0 Å². The average Bonchev–Trinajstić information content (AvgIpc) is 2.95. The van der Waals surface area contributed by atoms with Crippen LogP contribution in [0.25, 0.3) is 0 Å². The number of carbonyl (C=O) groups excluding carboxylic acids is 2. The molecule has 1 atom stereocenters. The molecule has 0 aromatic heterocycles. The van der Waals surface area contributed by atoms with Crippen molar-refractivity contribution in [1.29, 1.82) is 0 Å². The van der Waals surface area contributed by atoms with Crippen LogP contribution < -0.4 is 10.1 Å². The van der Waals surface area contributed by atoms with Gasteiger partial charge in [-0.1, -0.05) is 19.8 Å². The zero-order chi connectivity index (χ0) is 15.8. The van der Waals surface area contributed by atoms with Crippen molar-refractivity contribution in [2.75, 3.05) is 19.8 Å². The number of hydrogen-bond donors (Lipinski definition) is 1. The first-order valence-corrected chi connectivity index (χ1v) is 7.85. The van der Waals surface area contributed by atoms with Crippen molar-refractivity contribution in [2.24, 2.45) is 5.92 Å². The van der Waals surface area contributed by atoms with Gasteiger partial charge in [-0.15, -0.1) is 0 Å². The number of unbranched alkanes of at least 4 members (excludes halogenated alkanes) is 2. The fourth-order valence-corrected chi connectivity index (χ4v) is 2.28. The molecule has 1 amide bonds. The van der Waals surface area contributed by atoms with E-state index in [1.807, 2.05) is 12.1 Å². The minimum atomic E-state index is -0.191. The zero-order valence-corrected chi connectivity index (χ0v) is 13.0. The van der Waals surface area contributed by atoms with Gasteiger partial charge in [0.2, 0.25) is 0 Å². The summed E-state index contributed by atoms with van der Waals surface area (Å²) in [5.74, 6) is 0.528. The molecule has 5 nitrogen and oxygen atoms in total. The van der Waals surface area contributed by atoms with Crippen molar-refractivity contribution in [3.63, 3.8) is 0 Å². The largest absolute Gasteiger partial charge is 0.494 e. The zero-order valence-electron chi connectivity index (χ0n) is 13.0. The Hall–Kier alpha value is -2.04. The summed E-state index contributed by atoms with van der Waals surface area (Å²) in [7, 11) is 0. The fourth-order valence-electron chi connectivity index (χ4n) is 2.28. The van der Waals surface area contributed by atoms with E-state index in [-0.39, 0.29) is 17.8 Å². The maximum Gasteiger partial charge on any atom is 0.306 e. The second-order valence-electron chi connectivity index (χ2n) is 5.54. The van der Waals surface area contributed by atoms with Crippen LogP contribution in [0, 0.1) is 5.92 Å². The van der Waals surface area contributed by atoms with E-state index < -0.39 is 0 Å². The second-order valence-corrected chi connectivity index (χ2v) is 5.54. The van der Waals surface area contributed by atoms with Crippen molar-refractivity contribution in [1.82, 2.24) is 5.32 Å². The van der Waals surface area contributed by atoms with Gasteiger partial charge < -0.3 is 14.8 Å². The summed E-state index contributed by atoms with van der Waals surface area (Å²) in [4.78, 5) is 23.0. The maximum atomic E-state index is 12.0. The number of ether oxygens (including phenoxy) is 2. The molecule has 1 saturated heterocycles. The third-order valence-electron chi connectivity index (χ3n) is 3.62. The topological polar surface area (TPSA) is 64.6 Å². The van der Waals surface area contributed by atoms with E-state index in [0.717, 1.165) is 18.6 Å². The molecule has 2 rings (SSSR count). The average molecular weight is 305 g/mol. The van der Waals surface area contributed by atoms with Gasteiger partial charge >= 0.3 is 5.97 Å². The molecule has 0 saturated carbocycles. The molecule has 0 spiro atoms. The molecule has 1 N–H and O–H groups in total. The van der Waals surface area contributed by atoms with Crippen LogP contribution >= 0.6 is 0 Å². The van der Waals surface area contributed by atoms with Gasteiger partial charge in [-0.2, -0.15) is 0 Å². The van der Waals surface area contributed by atoms with E-state index in [2.05, 4.69) is 12.2 Å². The summed E-state index contributed by atoms with van der Waals surface area (Å²) in [6.45, 7) is 3.71. The molecular formula is C17H23NO4. The molecule has 0 bridgehead atoms. The first-order chi connectivity index (χ1) is 10.7. The Morgan fingerprint density at radius 2 is 2.09 bits per heavy atom. The first kappa shape index (κ1) is 16.3. The van der Waals surface area contributed by atoms with Crippen LogP contribution in [-0.2, 0) is 9.53 Å². The standard InChI is InChI=1S/C17H23NO4/c1-2-3-4-9-21-15-7-5-14(6-8-15)17(20)18-11-13-10-16(19)22-12-13/h5-8,13H,2-4,9-12H2,1H3,(H,18,20). The van der Waals surface area contributed by atoms with Crippen LogP contribution in [0.15, 0.2) is 24.3 Å². The lowest BCUT2D eigenvalue weighted by molar-refractivity contribution is -0.137. The number of esters is 1. The SMILES string of the molecule is CCCCCOc1ccc(C(=O)NCC2COC(=O)C2)cc1. The van der Waals surface area contributed by atoms with E-state index in [9.17, 15) is 9.59 Å². The van der Waals surface area contributed by atoms with E-state index in [4.69, 9.17) is 9.47 Å². The molecule has 22 heavy (non-hydrogen) atoms. The van der Waals surface area contributed by atoms with E-state index in [0.29, 0.717) is 31.7 Å². The Kier molecular flexibility index (Phi) is 6.25. The monoisotopic (exact) mass is 305 g/mol. The number of rotatable bonds is 8. The van der Waals surface area contributed by atoms with Gasteiger partial charge in [-0.05, 0) is 30.7 Å². The summed E-state index contributed by atoms with van der Waals surface area (Å²) >= 11 is 0. The van der Waals surface area contributed by atoms with Crippen molar-refractivity contribution in [2.45, 2.75) is 32.6 Å².